The van der Waals surface area contributed by atoms with E-state index in [2.05, 4.69) is 17.9 Å². The van der Waals surface area contributed by atoms with E-state index in [0.29, 0.717) is 30.8 Å². The number of hydrogen-bond acceptors (Lipinski definition) is 5. The summed E-state index contributed by atoms with van der Waals surface area (Å²) in [6.45, 7) is 8.11. The Morgan fingerprint density at radius 3 is 2.45 bits per heavy atom. The third-order valence-corrected chi connectivity index (χ3v) is 8.37. The Kier molecular flexibility index (Phi) is 4.98. The van der Waals surface area contributed by atoms with Crippen LogP contribution >= 0.6 is 0 Å². The first-order valence-electron chi connectivity index (χ1n) is 11.1. The Bertz CT molecular complexity index is 1410. The average molecular weight is 471 g/mol. The van der Waals surface area contributed by atoms with Gasteiger partial charge in [-0.15, -0.1) is 6.58 Å². The largest absolute Gasteiger partial charge is 0.335 e. The number of hydrogen-bond donors (Lipinski definition) is 1. The van der Waals surface area contributed by atoms with Crippen molar-refractivity contribution >= 4 is 26.8 Å². The Morgan fingerprint density at radius 2 is 1.88 bits per heavy atom. The number of rotatable bonds is 8. The van der Waals surface area contributed by atoms with E-state index >= 15 is 0 Å². The summed E-state index contributed by atoms with van der Waals surface area (Å²) >= 11 is 0. The maximum Gasteiger partial charge on any atom is 0.331 e. The minimum atomic E-state index is -3.88. The first kappa shape index (κ1) is 21.8. The molecule has 5 rings (SSSR count). The Morgan fingerprint density at radius 1 is 1.18 bits per heavy atom. The second-order valence-corrected chi connectivity index (χ2v) is 10.9. The molecule has 3 fully saturated rings. The van der Waals surface area contributed by atoms with Gasteiger partial charge in [0.15, 0.2) is 0 Å². The molecule has 1 amide bonds. The normalized spacial score (nSPS) is 19.8. The smallest absolute Gasteiger partial charge is 0.331 e. The third kappa shape index (κ3) is 3.76. The summed E-state index contributed by atoms with van der Waals surface area (Å²) in [4.78, 5) is 40.0. The SMILES string of the molecule is C=CC(=O)N1CC(n2c(=O)c3cc(S(=O)(=O)NC4(C=C)CC4)ccc3n(CC3CC3)c2=O)C1. The van der Waals surface area contributed by atoms with Crippen molar-refractivity contribution in [3.05, 3.63) is 64.3 Å². The molecule has 1 N–H and O–H groups in total. The van der Waals surface area contributed by atoms with Crippen molar-refractivity contribution in [1.29, 1.82) is 0 Å². The molecular formula is C23H26N4O5S. The van der Waals surface area contributed by atoms with Crippen LogP contribution in [-0.2, 0) is 21.4 Å². The zero-order chi connectivity index (χ0) is 23.5. The number of nitrogens with one attached hydrogen (secondary N) is 1. The molecule has 1 saturated heterocycles. The predicted octanol–water partition coefficient (Wildman–Crippen LogP) is 1.14. The number of amides is 1. The first-order chi connectivity index (χ1) is 15.7. The topological polar surface area (TPSA) is 110 Å². The van der Waals surface area contributed by atoms with Crippen LogP contribution in [0.4, 0.5) is 0 Å². The lowest BCUT2D eigenvalue weighted by atomic mass is 10.1. The lowest BCUT2D eigenvalue weighted by Gasteiger charge is -2.39. The van der Waals surface area contributed by atoms with E-state index in [0.717, 1.165) is 12.8 Å². The summed E-state index contributed by atoms with van der Waals surface area (Å²) in [5, 5.41) is 0.176. The lowest BCUT2D eigenvalue weighted by molar-refractivity contribution is -0.131. The van der Waals surface area contributed by atoms with Gasteiger partial charge in [0.2, 0.25) is 15.9 Å². The molecule has 0 spiro atoms. The van der Waals surface area contributed by atoms with Gasteiger partial charge in [-0.25, -0.2) is 17.9 Å². The Balaban J connectivity index is 1.61. The molecule has 2 heterocycles. The van der Waals surface area contributed by atoms with Gasteiger partial charge in [-0.2, -0.15) is 0 Å². The van der Waals surface area contributed by atoms with Crippen LogP contribution in [-0.4, -0.2) is 47.0 Å². The molecule has 1 aromatic carbocycles. The molecule has 1 aromatic heterocycles. The molecular weight excluding hydrogens is 444 g/mol. The van der Waals surface area contributed by atoms with Gasteiger partial charge in [-0.3, -0.25) is 18.7 Å². The van der Waals surface area contributed by atoms with Crippen molar-refractivity contribution in [1.82, 2.24) is 18.8 Å². The van der Waals surface area contributed by atoms with Crippen LogP contribution in [0.2, 0.25) is 0 Å². The Labute approximate surface area is 191 Å². The molecule has 0 atom stereocenters. The van der Waals surface area contributed by atoms with Crippen LogP contribution in [0.5, 0.6) is 0 Å². The van der Waals surface area contributed by atoms with Crippen LogP contribution in [0.3, 0.4) is 0 Å². The zero-order valence-electron chi connectivity index (χ0n) is 18.2. The van der Waals surface area contributed by atoms with Crippen LogP contribution in [0.1, 0.15) is 31.7 Å². The van der Waals surface area contributed by atoms with Crippen LogP contribution in [0.25, 0.3) is 10.9 Å². The summed E-state index contributed by atoms with van der Waals surface area (Å²) in [6, 6.07) is 3.87. The number of benzene rings is 1. The number of carbonyl (C=O) groups excluding carboxylic acids is 1. The first-order valence-corrected chi connectivity index (χ1v) is 12.5. The van der Waals surface area contributed by atoms with Gasteiger partial charge in [0.1, 0.15) is 0 Å². The van der Waals surface area contributed by atoms with Gasteiger partial charge in [0, 0.05) is 19.6 Å². The van der Waals surface area contributed by atoms with E-state index in [-0.39, 0.29) is 29.3 Å². The highest BCUT2D eigenvalue weighted by atomic mass is 32.2. The van der Waals surface area contributed by atoms with Crippen molar-refractivity contribution in [2.45, 2.75) is 48.7 Å². The molecule has 2 aliphatic carbocycles. The van der Waals surface area contributed by atoms with Gasteiger partial charge < -0.3 is 4.90 Å². The van der Waals surface area contributed by atoms with Crippen molar-refractivity contribution in [3.63, 3.8) is 0 Å². The van der Waals surface area contributed by atoms with Crippen molar-refractivity contribution in [2.24, 2.45) is 5.92 Å². The molecule has 33 heavy (non-hydrogen) atoms. The fraction of sp³-hybridized carbons (Fsp3) is 0.435. The van der Waals surface area contributed by atoms with Crippen molar-refractivity contribution < 1.29 is 13.2 Å². The number of likely N-dealkylation sites (tertiary alicyclic amines) is 1. The monoisotopic (exact) mass is 470 g/mol. The van der Waals surface area contributed by atoms with E-state index in [9.17, 15) is 22.8 Å². The van der Waals surface area contributed by atoms with E-state index in [1.165, 1.54) is 27.7 Å². The lowest BCUT2D eigenvalue weighted by Crippen LogP contribution is -2.56. The second kappa shape index (κ2) is 7.53. The zero-order valence-corrected chi connectivity index (χ0v) is 19.0. The third-order valence-electron chi connectivity index (χ3n) is 6.82. The number of sulfonamides is 1. The van der Waals surface area contributed by atoms with E-state index in [1.807, 2.05) is 0 Å². The minimum Gasteiger partial charge on any atom is -0.335 e. The summed E-state index contributed by atoms with van der Waals surface area (Å²) < 4.78 is 31.4. The van der Waals surface area contributed by atoms with Gasteiger partial charge in [0.25, 0.3) is 5.56 Å². The highest BCUT2D eigenvalue weighted by Crippen LogP contribution is 2.38. The fourth-order valence-electron chi connectivity index (χ4n) is 4.33. The quantitative estimate of drug-likeness (QED) is 0.460. The molecule has 174 valence electrons. The van der Waals surface area contributed by atoms with Gasteiger partial charge in [-0.05, 0) is 55.9 Å². The molecule has 2 aromatic rings. The van der Waals surface area contributed by atoms with Crippen molar-refractivity contribution in [2.75, 3.05) is 13.1 Å². The van der Waals surface area contributed by atoms with Crippen LogP contribution < -0.4 is 16.0 Å². The maximum atomic E-state index is 13.4. The van der Waals surface area contributed by atoms with Crippen LogP contribution in [0, 0.1) is 5.92 Å². The summed E-state index contributed by atoms with van der Waals surface area (Å²) in [5.41, 5.74) is -1.17. The number of carbonyl (C=O) groups is 1. The molecule has 0 radical (unpaired) electrons. The molecule has 10 heteroatoms. The van der Waals surface area contributed by atoms with Crippen molar-refractivity contribution in [3.8, 4) is 0 Å². The molecule has 3 aliphatic rings. The molecule has 1 aliphatic heterocycles. The summed E-state index contributed by atoms with van der Waals surface area (Å²) in [5.74, 6) is 0.110. The number of nitrogens with zero attached hydrogens (tertiary/aromatic N) is 3. The molecule has 0 unspecified atom stereocenters. The standard InChI is InChI=1S/C23H26N4O5S/c1-3-20(28)25-13-16(14-25)27-21(29)18-11-17(33(31,32)24-23(4-2)9-10-23)7-8-19(18)26(22(27)30)12-15-5-6-15/h3-4,7-8,11,15-16,24H,1-2,5-6,9-10,12-14H2. The van der Waals surface area contributed by atoms with E-state index < -0.39 is 32.9 Å². The van der Waals surface area contributed by atoms with Gasteiger partial charge >= 0.3 is 5.69 Å². The van der Waals surface area contributed by atoms with Crippen LogP contribution in [0.15, 0.2) is 58.0 Å². The number of aromatic nitrogens is 2. The van der Waals surface area contributed by atoms with E-state index in [1.54, 1.807) is 16.7 Å². The second-order valence-electron chi connectivity index (χ2n) is 9.26. The fourth-order valence-corrected chi connectivity index (χ4v) is 5.79. The summed E-state index contributed by atoms with van der Waals surface area (Å²) in [6.07, 6.45) is 6.18. The highest BCUT2D eigenvalue weighted by Gasteiger charge is 2.43. The highest BCUT2D eigenvalue weighted by molar-refractivity contribution is 7.89. The Hall–Kier alpha value is -2.98. The average Bonchev–Trinajstić information content (AvgIpc) is 3.69. The van der Waals surface area contributed by atoms with E-state index in [4.69, 9.17) is 0 Å². The number of fused-ring (bicyclic) bond motifs is 1. The summed E-state index contributed by atoms with van der Waals surface area (Å²) in [7, 11) is -3.88. The predicted molar refractivity (Wildman–Crippen MR) is 123 cm³/mol. The van der Waals surface area contributed by atoms with Gasteiger partial charge in [0.05, 0.1) is 27.4 Å². The molecule has 2 saturated carbocycles. The minimum absolute atomic E-state index is 0.0273. The molecule has 0 bridgehead atoms. The molecule has 9 nitrogen and oxygen atoms in total. The maximum absolute atomic E-state index is 13.4. The van der Waals surface area contributed by atoms with Gasteiger partial charge in [-0.1, -0.05) is 12.7 Å².